The van der Waals surface area contributed by atoms with E-state index in [0.717, 1.165) is 0 Å². The lowest BCUT2D eigenvalue weighted by atomic mass is 10.1. The number of ether oxygens (including phenoxy) is 2. The quantitative estimate of drug-likeness (QED) is 0.560. The fourth-order valence-corrected chi connectivity index (χ4v) is 1.93. The van der Waals surface area contributed by atoms with E-state index in [4.69, 9.17) is 9.47 Å². The van der Waals surface area contributed by atoms with Crippen molar-refractivity contribution < 1.29 is 24.2 Å². The first-order valence-corrected chi connectivity index (χ1v) is 8.46. The summed E-state index contributed by atoms with van der Waals surface area (Å²) in [5.74, 6) is 0.236. The van der Waals surface area contributed by atoms with Crippen molar-refractivity contribution in [3.05, 3.63) is 23.8 Å². The number of hydrogen-bond acceptors (Lipinski definition) is 6. The van der Waals surface area contributed by atoms with Gasteiger partial charge in [0.2, 0.25) is 0 Å². The zero-order valence-corrected chi connectivity index (χ0v) is 15.3. The number of hydrogen-bond donors (Lipinski definition) is 3. The Hall–Kier alpha value is -2.12. The minimum absolute atomic E-state index is 0.0534. The molecule has 0 saturated heterocycles. The van der Waals surface area contributed by atoms with E-state index in [1.54, 1.807) is 12.1 Å². The van der Waals surface area contributed by atoms with Crippen molar-refractivity contribution in [1.29, 1.82) is 0 Å². The third-order valence-electron chi connectivity index (χ3n) is 3.25. The second-order valence-electron chi connectivity index (χ2n) is 6.06. The first-order chi connectivity index (χ1) is 11.8. The van der Waals surface area contributed by atoms with Crippen LogP contribution in [0.2, 0.25) is 0 Å². The number of amides is 1. The number of carbonyl (C=O) groups is 2. The zero-order valence-electron chi connectivity index (χ0n) is 15.3. The molecule has 25 heavy (non-hydrogen) atoms. The van der Waals surface area contributed by atoms with Gasteiger partial charge in [-0.25, -0.2) is 4.79 Å². The molecule has 1 amide bonds. The summed E-state index contributed by atoms with van der Waals surface area (Å²) in [6, 6.07) is 4.99. The first-order valence-electron chi connectivity index (χ1n) is 8.46. The maximum absolute atomic E-state index is 11.8. The van der Waals surface area contributed by atoms with Crippen LogP contribution in [0.1, 0.15) is 44.5 Å². The molecule has 0 bridgehead atoms. The molecule has 7 nitrogen and oxygen atoms in total. The third-order valence-corrected chi connectivity index (χ3v) is 3.25. The second kappa shape index (κ2) is 10.7. The highest BCUT2D eigenvalue weighted by atomic mass is 16.5. The first kappa shape index (κ1) is 20.9. The molecule has 0 saturated carbocycles. The Balaban J connectivity index is 2.79. The van der Waals surface area contributed by atoms with Crippen molar-refractivity contribution in [1.82, 2.24) is 5.32 Å². The van der Waals surface area contributed by atoms with Crippen LogP contribution in [0.3, 0.4) is 0 Å². The molecule has 0 aliphatic rings. The number of ketones is 1. The Bertz CT molecular complexity index is 575. The van der Waals surface area contributed by atoms with Crippen LogP contribution in [-0.2, 0) is 4.74 Å². The van der Waals surface area contributed by atoms with Crippen molar-refractivity contribution in [3.63, 3.8) is 0 Å². The van der Waals surface area contributed by atoms with Crippen molar-refractivity contribution in [3.8, 4) is 5.75 Å². The van der Waals surface area contributed by atoms with Gasteiger partial charge < -0.3 is 19.9 Å². The molecule has 0 fully saturated rings. The van der Waals surface area contributed by atoms with Crippen molar-refractivity contribution in [2.24, 2.45) is 0 Å². The second-order valence-corrected chi connectivity index (χ2v) is 6.06. The fourth-order valence-electron chi connectivity index (χ4n) is 1.93. The van der Waals surface area contributed by atoms with Gasteiger partial charge in [-0.05, 0) is 31.5 Å². The molecule has 1 rings (SSSR count). The molecular formula is C18H28N2O5. The Morgan fingerprint density at radius 2 is 2.00 bits per heavy atom. The molecule has 0 aromatic heterocycles. The monoisotopic (exact) mass is 352 g/mol. The molecule has 0 aliphatic carbocycles. The average molecular weight is 352 g/mol. The molecule has 0 spiro atoms. The summed E-state index contributed by atoms with van der Waals surface area (Å²) >= 11 is 0. The van der Waals surface area contributed by atoms with Gasteiger partial charge in [-0.2, -0.15) is 0 Å². The lowest BCUT2D eigenvalue weighted by Gasteiger charge is -2.17. The molecule has 1 unspecified atom stereocenters. The predicted octanol–water partition coefficient (Wildman–Crippen LogP) is 2.59. The standard InChI is InChI=1S/C18H28N2O5/c1-5-8-24-18(23)20-16-9-14(13(4)21)6-7-17(16)25-11-15(22)10-19-12(2)3/h6-7,9,12,15,19,22H,5,8,10-11H2,1-4H3,(H,20,23). The molecule has 1 atom stereocenters. The van der Waals surface area contributed by atoms with Crippen molar-refractivity contribution in [2.75, 3.05) is 25.1 Å². The number of carbonyl (C=O) groups excluding carboxylic acids is 2. The van der Waals surface area contributed by atoms with Crippen molar-refractivity contribution in [2.45, 2.75) is 46.3 Å². The van der Waals surface area contributed by atoms with Crippen molar-refractivity contribution >= 4 is 17.6 Å². The van der Waals surface area contributed by atoms with E-state index in [1.165, 1.54) is 13.0 Å². The summed E-state index contributed by atoms with van der Waals surface area (Å²) in [5, 5.41) is 15.6. The fraction of sp³-hybridized carbons (Fsp3) is 0.556. The van der Waals surface area contributed by atoms with Gasteiger partial charge in [-0.1, -0.05) is 20.8 Å². The van der Waals surface area contributed by atoms with Crippen LogP contribution in [0.4, 0.5) is 10.5 Å². The van der Waals surface area contributed by atoms with Gasteiger partial charge in [0.25, 0.3) is 0 Å². The number of benzene rings is 1. The maximum Gasteiger partial charge on any atom is 0.411 e. The molecule has 0 heterocycles. The lowest BCUT2D eigenvalue weighted by Crippen LogP contribution is -2.35. The normalized spacial score (nSPS) is 11.9. The molecular weight excluding hydrogens is 324 g/mol. The van der Waals surface area contributed by atoms with Crippen LogP contribution in [0.25, 0.3) is 0 Å². The molecule has 0 radical (unpaired) electrons. The van der Waals surface area contributed by atoms with Gasteiger partial charge in [0.05, 0.1) is 12.3 Å². The summed E-state index contributed by atoms with van der Waals surface area (Å²) in [6.07, 6.45) is -0.608. The van der Waals surface area contributed by atoms with Crippen LogP contribution in [0, 0.1) is 0 Å². The molecule has 1 aromatic rings. The van der Waals surface area contributed by atoms with E-state index in [0.29, 0.717) is 36.6 Å². The van der Waals surface area contributed by atoms with Crippen LogP contribution in [-0.4, -0.2) is 48.9 Å². The SMILES string of the molecule is CCCOC(=O)Nc1cc(C(C)=O)ccc1OCC(O)CNC(C)C. The van der Waals surface area contributed by atoms with E-state index in [-0.39, 0.29) is 18.4 Å². The summed E-state index contributed by atoms with van der Waals surface area (Å²) in [4.78, 5) is 23.3. The van der Waals surface area contributed by atoms with E-state index in [1.807, 2.05) is 20.8 Å². The molecule has 140 valence electrons. The number of aliphatic hydroxyl groups is 1. The summed E-state index contributed by atoms with van der Waals surface area (Å²) in [7, 11) is 0. The molecule has 7 heteroatoms. The average Bonchev–Trinajstić information content (AvgIpc) is 2.56. The Morgan fingerprint density at radius 1 is 1.28 bits per heavy atom. The number of nitrogens with one attached hydrogen (secondary N) is 2. The highest BCUT2D eigenvalue weighted by Crippen LogP contribution is 2.26. The number of Topliss-reactive ketones (excluding diaryl/α,β-unsaturated/α-hetero) is 1. The molecule has 1 aromatic carbocycles. The Labute approximate surface area is 148 Å². The summed E-state index contributed by atoms with van der Waals surface area (Å²) in [6.45, 7) is 8.05. The summed E-state index contributed by atoms with van der Waals surface area (Å²) < 4.78 is 10.6. The predicted molar refractivity (Wildman–Crippen MR) is 96.3 cm³/mol. The van der Waals surface area contributed by atoms with E-state index >= 15 is 0 Å². The van der Waals surface area contributed by atoms with Crippen LogP contribution in [0.5, 0.6) is 5.75 Å². The topological polar surface area (TPSA) is 96.9 Å². The van der Waals surface area contributed by atoms with Gasteiger partial charge in [0, 0.05) is 18.2 Å². The van der Waals surface area contributed by atoms with E-state index in [2.05, 4.69) is 10.6 Å². The number of rotatable bonds is 10. The van der Waals surface area contributed by atoms with Crippen LogP contribution >= 0.6 is 0 Å². The van der Waals surface area contributed by atoms with Gasteiger partial charge >= 0.3 is 6.09 Å². The van der Waals surface area contributed by atoms with Gasteiger partial charge in [-0.3, -0.25) is 10.1 Å². The molecule has 0 aliphatic heterocycles. The smallest absolute Gasteiger partial charge is 0.411 e. The third kappa shape index (κ3) is 8.00. The largest absolute Gasteiger partial charge is 0.489 e. The van der Waals surface area contributed by atoms with Crippen LogP contribution < -0.4 is 15.4 Å². The number of aliphatic hydroxyl groups excluding tert-OH is 1. The van der Waals surface area contributed by atoms with Gasteiger partial charge in [-0.15, -0.1) is 0 Å². The lowest BCUT2D eigenvalue weighted by molar-refractivity contribution is 0.101. The molecule has 3 N–H and O–H groups in total. The zero-order chi connectivity index (χ0) is 18.8. The minimum atomic E-state index is -0.699. The van der Waals surface area contributed by atoms with E-state index in [9.17, 15) is 14.7 Å². The highest BCUT2D eigenvalue weighted by molar-refractivity contribution is 5.97. The van der Waals surface area contributed by atoms with Gasteiger partial charge in [0.1, 0.15) is 18.5 Å². The van der Waals surface area contributed by atoms with Gasteiger partial charge in [0.15, 0.2) is 5.78 Å². The highest BCUT2D eigenvalue weighted by Gasteiger charge is 2.13. The Kier molecular flexibility index (Phi) is 8.94. The summed E-state index contributed by atoms with van der Waals surface area (Å²) in [5.41, 5.74) is 0.776. The Morgan fingerprint density at radius 3 is 2.60 bits per heavy atom. The minimum Gasteiger partial charge on any atom is -0.489 e. The van der Waals surface area contributed by atoms with Crippen LogP contribution in [0.15, 0.2) is 18.2 Å². The number of anilines is 1. The van der Waals surface area contributed by atoms with E-state index < -0.39 is 12.2 Å². The maximum atomic E-state index is 11.8.